The summed E-state index contributed by atoms with van der Waals surface area (Å²) in [5, 5.41) is 3.37. The monoisotopic (exact) mass is 249 g/mol. The Bertz CT molecular complexity index is 383. The van der Waals surface area contributed by atoms with Gasteiger partial charge in [0.15, 0.2) is 0 Å². The van der Waals surface area contributed by atoms with E-state index in [1.165, 1.54) is 11.3 Å². The number of hydrogen-bond acceptors (Lipinski definition) is 4. The van der Waals surface area contributed by atoms with Gasteiger partial charge in [-0.25, -0.2) is 0 Å². The SMILES string of the molecule is CCNCc1cnccc1N1CC(C)OCC1C. The number of anilines is 1. The Morgan fingerprint density at radius 1 is 1.50 bits per heavy atom. The zero-order chi connectivity index (χ0) is 13.0. The maximum absolute atomic E-state index is 5.69. The molecule has 0 amide bonds. The van der Waals surface area contributed by atoms with E-state index >= 15 is 0 Å². The second-order valence-electron chi connectivity index (χ2n) is 4.93. The van der Waals surface area contributed by atoms with Gasteiger partial charge in [0.25, 0.3) is 0 Å². The molecule has 2 atom stereocenters. The van der Waals surface area contributed by atoms with Crippen molar-refractivity contribution in [3.8, 4) is 0 Å². The molecular weight excluding hydrogens is 226 g/mol. The lowest BCUT2D eigenvalue weighted by molar-refractivity contribution is 0.0343. The van der Waals surface area contributed by atoms with Crippen LogP contribution < -0.4 is 10.2 Å². The van der Waals surface area contributed by atoms with Crippen LogP contribution in [0.5, 0.6) is 0 Å². The van der Waals surface area contributed by atoms with Crippen LogP contribution in [0.4, 0.5) is 5.69 Å². The molecule has 2 heterocycles. The highest BCUT2D eigenvalue weighted by Crippen LogP contribution is 2.25. The number of morpholine rings is 1. The first-order chi connectivity index (χ1) is 8.72. The van der Waals surface area contributed by atoms with Crippen LogP contribution in [0.25, 0.3) is 0 Å². The first-order valence-corrected chi connectivity index (χ1v) is 6.74. The first kappa shape index (κ1) is 13.3. The molecular formula is C14H23N3O. The average Bonchev–Trinajstić information content (AvgIpc) is 2.39. The number of hydrogen-bond donors (Lipinski definition) is 1. The van der Waals surface area contributed by atoms with E-state index in [-0.39, 0.29) is 0 Å². The average molecular weight is 249 g/mol. The van der Waals surface area contributed by atoms with E-state index in [9.17, 15) is 0 Å². The number of aromatic nitrogens is 1. The van der Waals surface area contributed by atoms with E-state index in [4.69, 9.17) is 4.74 Å². The van der Waals surface area contributed by atoms with Gasteiger partial charge in [-0.3, -0.25) is 4.98 Å². The lowest BCUT2D eigenvalue weighted by Gasteiger charge is -2.39. The van der Waals surface area contributed by atoms with Gasteiger partial charge < -0.3 is 15.0 Å². The van der Waals surface area contributed by atoms with Gasteiger partial charge in [0.2, 0.25) is 0 Å². The van der Waals surface area contributed by atoms with E-state index in [1.807, 2.05) is 12.4 Å². The number of nitrogens with zero attached hydrogens (tertiary/aromatic N) is 2. The fraction of sp³-hybridized carbons (Fsp3) is 0.643. The number of ether oxygens (including phenoxy) is 1. The predicted octanol–water partition coefficient (Wildman–Crippen LogP) is 1.80. The van der Waals surface area contributed by atoms with E-state index < -0.39 is 0 Å². The third kappa shape index (κ3) is 3.00. The molecule has 0 bridgehead atoms. The second kappa shape index (κ2) is 6.16. The van der Waals surface area contributed by atoms with Gasteiger partial charge in [0.05, 0.1) is 12.7 Å². The van der Waals surface area contributed by atoms with E-state index in [1.54, 1.807) is 0 Å². The van der Waals surface area contributed by atoms with Crippen molar-refractivity contribution < 1.29 is 4.74 Å². The summed E-state index contributed by atoms with van der Waals surface area (Å²) in [5.74, 6) is 0. The lowest BCUT2D eigenvalue weighted by Crippen LogP contribution is -2.47. The molecule has 0 radical (unpaired) electrons. The summed E-state index contributed by atoms with van der Waals surface area (Å²) in [6.07, 6.45) is 4.13. The summed E-state index contributed by atoms with van der Waals surface area (Å²) < 4.78 is 5.69. The molecule has 2 rings (SSSR count). The summed E-state index contributed by atoms with van der Waals surface area (Å²) in [6, 6.07) is 2.53. The molecule has 4 heteroatoms. The zero-order valence-electron chi connectivity index (χ0n) is 11.5. The minimum Gasteiger partial charge on any atom is -0.375 e. The normalized spacial score (nSPS) is 24.3. The van der Waals surface area contributed by atoms with Crippen LogP contribution >= 0.6 is 0 Å². The zero-order valence-corrected chi connectivity index (χ0v) is 11.5. The van der Waals surface area contributed by atoms with Gasteiger partial charge in [0.1, 0.15) is 0 Å². The molecule has 1 aliphatic heterocycles. The molecule has 18 heavy (non-hydrogen) atoms. The van der Waals surface area contributed by atoms with Crippen LogP contribution in [-0.2, 0) is 11.3 Å². The van der Waals surface area contributed by atoms with Crippen LogP contribution in [0.1, 0.15) is 26.3 Å². The number of rotatable bonds is 4. The highest BCUT2D eigenvalue weighted by Gasteiger charge is 2.25. The second-order valence-corrected chi connectivity index (χ2v) is 4.93. The number of pyridine rings is 1. The summed E-state index contributed by atoms with van der Waals surface area (Å²) >= 11 is 0. The van der Waals surface area contributed by atoms with Crippen LogP contribution in [0.3, 0.4) is 0 Å². The van der Waals surface area contributed by atoms with Crippen LogP contribution in [0.2, 0.25) is 0 Å². The molecule has 4 nitrogen and oxygen atoms in total. The Labute approximate surface area is 109 Å². The van der Waals surface area contributed by atoms with Crippen LogP contribution in [-0.4, -0.2) is 36.8 Å². The molecule has 1 aromatic heterocycles. The minimum absolute atomic E-state index is 0.293. The summed E-state index contributed by atoms with van der Waals surface area (Å²) in [7, 11) is 0. The third-order valence-corrected chi connectivity index (χ3v) is 3.36. The van der Waals surface area contributed by atoms with Crippen molar-refractivity contribution in [3.05, 3.63) is 24.0 Å². The predicted molar refractivity (Wildman–Crippen MR) is 73.8 cm³/mol. The fourth-order valence-electron chi connectivity index (χ4n) is 2.33. The molecule has 0 spiro atoms. The molecule has 0 saturated carbocycles. The van der Waals surface area contributed by atoms with Crippen molar-refractivity contribution >= 4 is 5.69 Å². The smallest absolute Gasteiger partial charge is 0.0723 e. The van der Waals surface area contributed by atoms with Gasteiger partial charge >= 0.3 is 0 Å². The van der Waals surface area contributed by atoms with Crippen molar-refractivity contribution in [1.29, 1.82) is 0 Å². The molecule has 1 aliphatic rings. The summed E-state index contributed by atoms with van der Waals surface area (Å²) in [6.45, 7) is 10.1. The lowest BCUT2D eigenvalue weighted by atomic mass is 10.1. The quantitative estimate of drug-likeness (QED) is 0.883. The Morgan fingerprint density at radius 3 is 3.11 bits per heavy atom. The fourth-order valence-corrected chi connectivity index (χ4v) is 2.33. The molecule has 1 aromatic rings. The molecule has 1 fully saturated rings. The van der Waals surface area contributed by atoms with Gasteiger partial charge in [0, 0.05) is 42.8 Å². The minimum atomic E-state index is 0.293. The van der Waals surface area contributed by atoms with Gasteiger partial charge in [-0.15, -0.1) is 0 Å². The maximum atomic E-state index is 5.69. The molecule has 0 aliphatic carbocycles. The largest absolute Gasteiger partial charge is 0.375 e. The maximum Gasteiger partial charge on any atom is 0.0723 e. The molecule has 2 unspecified atom stereocenters. The molecule has 0 aromatic carbocycles. The molecule has 1 N–H and O–H groups in total. The van der Waals surface area contributed by atoms with Crippen molar-refractivity contribution in [2.45, 2.75) is 39.5 Å². The van der Waals surface area contributed by atoms with Crippen molar-refractivity contribution in [1.82, 2.24) is 10.3 Å². The van der Waals surface area contributed by atoms with E-state index in [2.05, 4.69) is 42.0 Å². The first-order valence-electron chi connectivity index (χ1n) is 6.74. The Hall–Kier alpha value is -1.13. The molecule has 100 valence electrons. The van der Waals surface area contributed by atoms with Crippen molar-refractivity contribution in [3.63, 3.8) is 0 Å². The highest BCUT2D eigenvalue weighted by atomic mass is 16.5. The Morgan fingerprint density at radius 2 is 2.33 bits per heavy atom. The highest BCUT2D eigenvalue weighted by molar-refractivity contribution is 5.53. The number of nitrogens with one attached hydrogen (secondary N) is 1. The van der Waals surface area contributed by atoms with E-state index in [0.29, 0.717) is 12.1 Å². The Balaban J connectivity index is 2.19. The molecule has 1 saturated heterocycles. The Kier molecular flexibility index (Phi) is 4.55. The van der Waals surface area contributed by atoms with Gasteiger partial charge in [-0.1, -0.05) is 6.92 Å². The van der Waals surface area contributed by atoms with Crippen LogP contribution in [0.15, 0.2) is 18.5 Å². The van der Waals surface area contributed by atoms with Gasteiger partial charge in [-0.05, 0) is 26.5 Å². The van der Waals surface area contributed by atoms with Crippen molar-refractivity contribution in [2.75, 3.05) is 24.6 Å². The van der Waals surface area contributed by atoms with Gasteiger partial charge in [-0.2, -0.15) is 0 Å². The van der Waals surface area contributed by atoms with Crippen molar-refractivity contribution in [2.24, 2.45) is 0 Å². The third-order valence-electron chi connectivity index (χ3n) is 3.36. The standard InChI is InChI=1S/C14H23N3O/c1-4-15-7-13-8-16-6-5-14(13)17-9-12(3)18-10-11(17)2/h5-6,8,11-12,15H,4,7,9-10H2,1-3H3. The summed E-state index contributed by atoms with van der Waals surface area (Å²) in [4.78, 5) is 6.67. The topological polar surface area (TPSA) is 37.4 Å². The summed E-state index contributed by atoms with van der Waals surface area (Å²) in [5.41, 5.74) is 2.55. The van der Waals surface area contributed by atoms with E-state index in [0.717, 1.165) is 26.2 Å². The van der Waals surface area contributed by atoms with Crippen LogP contribution in [0, 0.1) is 0 Å².